The number of carbonyl (C=O) groups is 2. The fourth-order valence-electron chi connectivity index (χ4n) is 4.51. The molecule has 176 valence electrons. The van der Waals surface area contributed by atoms with Crippen molar-refractivity contribution in [1.82, 2.24) is 9.80 Å². The molecule has 0 N–H and O–H groups in total. The number of carbonyl (C=O) groups excluding carboxylic acids is 2. The Morgan fingerprint density at radius 2 is 1.38 bits per heavy atom. The summed E-state index contributed by atoms with van der Waals surface area (Å²) in [5.74, 6) is 0.223. The van der Waals surface area contributed by atoms with E-state index in [0.29, 0.717) is 5.75 Å². The number of para-hydroxylation sites is 1. The van der Waals surface area contributed by atoms with E-state index in [1.54, 1.807) is 12.1 Å². The number of ether oxygens (including phenoxy) is 1. The lowest BCUT2D eigenvalue weighted by Crippen LogP contribution is -2.39. The van der Waals surface area contributed by atoms with Crippen molar-refractivity contribution in [3.8, 4) is 5.75 Å². The van der Waals surface area contributed by atoms with Gasteiger partial charge in [-0.25, -0.2) is 0 Å². The van der Waals surface area contributed by atoms with Gasteiger partial charge in [0.05, 0.1) is 18.9 Å². The molecule has 3 aromatic rings. The Bertz CT molecular complexity index is 1080. The van der Waals surface area contributed by atoms with Gasteiger partial charge >= 0.3 is 5.97 Å². The van der Waals surface area contributed by atoms with Crippen LogP contribution >= 0.6 is 0 Å². The molecule has 1 aliphatic heterocycles. The Labute approximate surface area is 202 Å². The van der Waals surface area contributed by atoms with E-state index in [9.17, 15) is 9.59 Å². The fourth-order valence-corrected chi connectivity index (χ4v) is 4.51. The molecule has 0 unspecified atom stereocenters. The number of likely N-dealkylation sites (N-methyl/N-ethyl adjacent to an activating group) is 1. The van der Waals surface area contributed by atoms with Gasteiger partial charge in [0.25, 0.3) is 0 Å². The van der Waals surface area contributed by atoms with E-state index in [-0.39, 0.29) is 30.8 Å². The molecule has 1 saturated heterocycles. The predicted octanol–water partition coefficient (Wildman–Crippen LogP) is 4.67. The molecule has 0 aliphatic carbocycles. The summed E-state index contributed by atoms with van der Waals surface area (Å²) < 4.78 is 5.46. The second-order valence-corrected chi connectivity index (χ2v) is 8.85. The summed E-state index contributed by atoms with van der Waals surface area (Å²) in [6.45, 7) is 2.99. The number of amides is 1. The maximum Gasteiger partial charge on any atom is 0.315 e. The zero-order valence-electron chi connectivity index (χ0n) is 19.7. The minimum Gasteiger partial charge on any atom is -0.426 e. The first-order valence-corrected chi connectivity index (χ1v) is 12.0. The molecule has 5 heteroatoms. The number of likely N-dealkylation sites (tertiary alicyclic amines) is 1. The van der Waals surface area contributed by atoms with Gasteiger partial charge in [-0.15, -0.1) is 0 Å². The first-order valence-electron chi connectivity index (χ1n) is 12.0. The molecule has 5 nitrogen and oxygen atoms in total. The Kier molecular flexibility index (Phi) is 8.10. The molecule has 0 aromatic heterocycles. The van der Waals surface area contributed by atoms with Crippen LogP contribution in [-0.2, 0) is 22.4 Å². The lowest BCUT2D eigenvalue weighted by molar-refractivity contribution is -0.134. The number of nitrogens with zero attached hydrogens (tertiary/aromatic N) is 2. The number of esters is 1. The van der Waals surface area contributed by atoms with Crippen LogP contribution in [0.3, 0.4) is 0 Å². The molecule has 3 aromatic carbocycles. The van der Waals surface area contributed by atoms with Gasteiger partial charge in [0.2, 0.25) is 5.91 Å². The van der Waals surface area contributed by atoms with Crippen LogP contribution in [0, 0.1) is 0 Å². The maximum absolute atomic E-state index is 13.4. The van der Waals surface area contributed by atoms with Crippen LogP contribution in [0.25, 0.3) is 0 Å². The van der Waals surface area contributed by atoms with Crippen molar-refractivity contribution in [2.24, 2.45) is 0 Å². The van der Waals surface area contributed by atoms with Gasteiger partial charge < -0.3 is 14.5 Å². The Morgan fingerprint density at radius 3 is 2.03 bits per heavy atom. The third kappa shape index (κ3) is 6.33. The minimum atomic E-state index is -0.337. The average molecular weight is 457 g/mol. The number of hydrogen-bond acceptors (Lipinski definition) is 4. The molecule has 1 fully saturated rings. The second-order valence-electron chi connectivity index (χ2n) is 8.85. The van der Waals surface area contributed by atoms with Gasteiger partial charge in [-0.2, -0.15) is 0 Å². The van der Waals surface area contributed by atoms with Gasteiger partial charge in [-0.3, -0.25) is 9.59 Å². The van der Waals surface area contributed by atoms with E-state index in [0.717, 1.165) is 36.3 Å². The van der Waals surface area contributed by atoms with Crippen LogP contribution in [0.2, 0.25) is 0 Å². The Hall–Kier alpha value is -3.44. The van der Waals surface area contributed by atoms with E-state index >= 15 is 0 Å². The number of benzene rings is 3. The highest BCUT2D eigenvalue weighted by Crippen LogP contribution is 2.24. The van der Waals surface area contributed by atoms with Crippen LogP contribution in [0.15, 0.2) is 84.9 Å². The summed E-state index contributed by atoms with van der Waals surface area (Å²) in [4.78, 5) is 30.2. The average Bonchev–Trinajstić information content (AvgIpc) is 3.38. The van der Waals surface area contributed by atoms with Gasteiger partial charge in [-0.1, -0.05) is 72.8 Å². The lowest BCUT2D eigenvalue weighted by Gasteiger charge is -2.32. The molecule has 4 rings (SSSR count). The number of hydrogen-bond donors (Lipinski definition) is 0. The molecule has 1 heterocycles. The molecule has 0 spiro atoms. The molecule has 1 aliphatic rings. The van der Waals surface area contributed by atoms with Crippen LogP contribution in [-0.4, -0.2) is 48.4 Å². The van der Waals surface area contributed by atoms with E-state index in [1.165, 1.54) is 12.8 Å². The second kappa shape index (κ2) is 11.6. The highest BCUT2D eigenvalue weighted by Gasteiger charge is 2.26. The van der Waals surface area contributed by atoms with Crippen LogP contribution in [0.5, 0.6) is 5.75 Å². The van der Waals surface area contributed by atoms with E-state index in [4.69, 9.17) is 4.74 Å². The summed E-state index contributed by atoms with van der Waals surface area (Å²) in [7, 11) is 1.89. The molecule has 0 saturated carbocycles. The Morgan fingerprint density at radius 1 is 0.824 bits per heavy atom. The minimum absolute atomic E-state index is 0.0120. The highest BCUT2D eigenvalue weighted by molar-refractivity contribution is 5.81. The Balaban J connectivity index is 1.46. The SMILES string of the molecule is CN(C(=O)Cc1ccccc1CC(=O)Oc1ccccc1)[C@H](CN1CCCC1)c1ccccc1. The summed E-state index contributed by atoms with van der Waals surface area (Å²) >= 11 is 0. The van der Waals surface area contributed by atoms with Crippen LogP contribution in [0.4, 0.5) is 0 Å². The largest absolute Gasteiger partial charge is 0.426 e. The zero-order valence-corrected chi connectivity index (χ0v) is 19.7. The summed E-state index contributed by atoms with van der Waals surface area (Å²) in [5.41, 5.74) is 2.82. The van der Waals surface area contributed by atoms with E-state index in [2.05, 4.69) is 17.0 Å². The van der Waals surface area contributed by atoms with Crippen molar-refractivity contribution >= 4 is 11.9 Å². The van der Waals surface area contributed by atoms with Crippen molar-refractivity contribution in [2.45, 2.75) is 31.7 Å². The van der Waals surface area contributed by atoms with Crippen molar-refractivity contribution < 1.29 is 14.3 Å². The van der Waals surface area contributed by atoms with Crippen molar-refractivity contribution in [1.29, 1.82) is 0 Å². The summed E-state index contributed by atoms with van der Waals surface area (Å²) in [5, 5.41) is 0. The summed E-state index contributed by atoms with van der Waals surface area (Å²) in [6.07, 6.45) is 2.80. The first kappa shape index (κ1) is 23.7. The molecule has 34 heavy (non-hydrogen) atoms. The smallest absolute Gasteiger partial charge is 0.315 e. The van der Waals surface area contributed by atoms with E-state index < -0.39 is 0 Å². The standard InChI is InChI=1S/C29H32N2O3/c1-30(27(22-31-18-10-11-19-31)23-12-4-2-5-13-23)28(32)20-24-14-8-9-15-25(24)21-29(33)34-26-16-6-3-7-17-26/h2-9,12-17,27H,10-11,18-22H2,1H3/t27-/m1/s1. The monoisotopic (exact) mass is 456 g/mol. The molecular weight excluding hydrogens is 424 g/mol. The van der Waals surface area contributed by atoms with Crippen molar-refractivity contribution in [3.63, 3.8) is 0 Å². The van der Waals surface area contributed by atoms with Crippen LogP contribution in [0.1, 0.15) is 35.6 Å². The fraction of sp³-hybridized carbons (Fsp3) is 0.310. The van der Waals surface area contributed by atoms with Gasteiger partial charge in [0.1, 0.15) is 5.75 Å². The molecular formula is C29H32N2O3. The molecule has 1 atom stereocenters. The van der Waals surface area contributed by atoms with Gasteiger partial charge in [0, 0.05) is 13.6 Å². The molecule has 1 amide bonds. The van der Waals surface area contributed by atoms with E-state index in [1.807, 2.05) is 72.6 Å². The van der Waals surface area contributed by atoms with Crippen molar-refractivity contribution in [3.05, 3.63) is 102 Å². The highest BCUT2D eigenvalue weighted by atomic mass is 16.5. The lowest BCUT2D eigenvalue weighted by atomic mass is 10.00. The summed E-state index contributed by atoms with van der Waals surface area (Å²) in [6, 6.07) is 26.9. The third-order valence-electron chi connectivity index (χ3n) is 6.44. The molecule has 0 bridgehead atoms. The van der Waals surface area contributed by atoms with Crippen molar-refractivity contribution in [2.75, 3.05) is 26.7 Å². The normalized spacial score (nSPS) is 14.5. The number of rotatable bonds is 9. The van der Waals surface area contributed by atoms with Gasteiger partial charge in [-0.05, 0) is 54.8 Å². The topological polar surface area (TPSA) is 49.9 Å². The quantitative estimate of drug-likeness (QED) is 0.347. The predicted molar refractivity (Wildman–Crippen MR) is 134 cm³/mol. The van der Waals surface area contributed by atoms with Crippen LogP contribution < -0.4 is 4.74 Å². The molecule has 0 radical (unpaired) electrons. The first-order chi connectivity index (χ1) is 16.6. The van der Waals surface area contributed by atoms with Gasteiger partial charge in [0.15, 0.2) is 0 Å². The maximum atomic E-state index is 13.4. The third-order valence-corrected chi connectivity index (χ3v) is 6.44. The zero-order chi connectivity index (χ0) is 23.8.